The molecule has 1 atom stereocenters. The molecule has 8 nitrogen and oxygen atoms in total. The standard InChI is InChI=1S/C13H17N3O5/c1-3-4-10(12(17)18)15-13(19)14-9-6-5-8(2)11(7-9)16(20)21/h5-7,10H,3-4H2,1-2H3,(H,17,18)(H2,14,15,19). The molecule has 0 saturated carbocycles. The van der Waals surface area contributed by atoms with Crippen LogP contribution in [0.15, 0.2) is 18.2 Å². The molecule has 1 aromatic carbocycles. The third-order valence-electron chi connectivity index (χ3n) is 2.84. The number of aliphatic carboxylic acids is 1. The zero-order valence-corrected chi connectivity index (χ0v) is 11.8. The number of nitrogens with zero attached hydrogens (tertiary/aromatic N) is 1. The Hall–Kier alpha value is -2.64. The zero-order chi connectivity index (χ0) is 16.0. The number of aryl methyl sites for hydroxylation is 1. The van der Waals surface area contributed by atoms with Crippen LogP contribution in [0.3, 0.4) is 0 Å². The lowest BCUT2D eigenvalue weighted by atomic mass is 10.1. The van der Waals surface area contributed by atoms with Gasteiger partial charge in [0, 0.05) is 17.3 Å². The van der Waals surface area contributed by atoms with E-state index in [1.54, 1.807) is 13.8 Å². The molecule has 1 unspecified atom stereocenters. The highest BCUT2D eigenvalue weighted by molar-refractivity contribution is 5.92. The number of carbonyl (C=O) groups excluding carboxylic acids is 1. The molecule has 21 heavy (non-hydrogen) atoms. The number of carboxylic acid groups (broad SMARTS) is 1. The van der Waals surface area contributed by atoms with Crippen LogP contribution in [0, 0.1) is 17.0 Å². The van der Waals surface area contributed by atoms with Gasteiger partial charge in [-0.15, -0.1) is 0 Å². The largest absolute Gasteiger partial charge is 0.480 e. The van der Waals surface area contributed by atoms with E-state index in [1.807, 2.05) is 0 Å². The van der Waals surface area contributed by atoms with Gasteiger partial charge in [0.2, 0.25) is 0 Å². The van der Waals surface area contributed by atoms with Crippen molar-refractivity contribution in [2.45, 2.75) is 32.7 Å². The van der Waals surface area contributed by atoms with Gasteiger partial charge in [-0.05, 0) is 19.4 Å². The number of nitro benzene ring substituents is 1. The third kappa shape index (κ3) is 4.75. The topological polar surface area (TPSA) is 122 Å². The summed E-state index contributed by atoms with van der Waals surface area (Å²) in [7, 11) is 0. The van der Waals surface area contributed by atoms with E-state index >= 15 is 0 Å². The molecule has 0 aliphatic rings. The molecule has 0 spiro atoms. The number of rotatable bonds is 6. The van der Waals surface area contributed by atoms with Crippen molar-refractivity contribution in [2.75, 3.05) is 5.32 Å². The highest BCUT2D eigenvalue weighted by Crippen LogP contribution is 2.22. The van der Waals surface area contributed by atoms with Gasteiger partial charge in [0.1, 0.15) is 6.04 Å². The van der Waals surface area contributed by atoms with Crippen molar-refractivity contribution in [2.24, 2.45) is 0 Å². The molecule has 3 N–H and O–H groups in total. The van der Waals surface area contributed by atoms with E-state index in [0.717, 1.165) is 0 Å². The molecule has 0 aliphatic carbocycles. The van der Waals surface area contributed by atoms with Crippen molar-refractivity contribution in [1.82, 2.24) is 5.32 Å². The second kappa shape index (κ2) is 7.22. The number of carbonyl (C=O) groups is 2. The maximum atomic E-state index is 11.7. The predicted octanol–water partition coefficient (Wildman–Crippen LogP) is 2.28. The number of nitro groups is 1. The van der Waals surface area contributed by atoms with Gasteiger partial charge >= 0.3 is 12.0 Å². The number of amides is 2. The van der Waals surface area contributed by atoms with Gasteiger partial charge in [0.25, 0.3) is 5.69 Å². The summed E-state index contributed by atoms with van der Waals surface area (Å²) in [6.45, 7) is 3.39. The smallest absolute Gasteiger partial charge is 0.326 e. The first kappa shape index (κ1) is 16.4. The number of hydrogen-bond acceptors (Lipinski definition) is 4. The van der Waals surface area contributed by atoms with Crippen LogP contribution in [0.25, 0.3) is 0 Å². The van der Waals surface area contributed by atoms with Gasteiger partial charge < -0.3 is 15.7 Å². The summed E-state index contributed by atoms with van der Waals surface area (Å²) < 4.78 is 0. The summed E-state index contributed by atoms with van der Waals surface area (Å²) in [6.07, 6.45) is 0.907. The molecule has 2 amide bonds. The fourth-order valence-electron chi connectivity index (χ4n) is 1.76. The molecule has 1 rings (SSSR count). The minimum absolute atomic E-state index is 0.115. The Morgan fingerprint density at radius 1 is 1.43 bits per heavy atom. The van der Waals surface area contributed by atoms with Crippen molar-refractivity contribution in [3.05, 3.63) is 33.9 Å². The Morgan fingerprint density at radius 3 is 2.62 bits per heavy atom. The Labute approximate surface area is 121 Å². The highest BCUT2D eigenvalue weighted by Gasteiger charge is 2.19. The first-order valence-electron chi connectivity index (χ1n) is 6.40. The average molecular weight is 295 g/mol. The highest BCUT2D eigenvalue weighted by atomic mass is 16.6. The third-order valence-corrected chi connectivity index (χ3v) is 2.84. The lowest BCUT2D eigenvalue weighted by molar-refractivity contribution is -0.385. The molecule has 114 valence electrons. The fourth-order valence-corrected chi connectivity index (χ4v) is 1.76. The Balaban J connectivity index is 2.77. The van der Waals surface area contributed by atoms with Crippen molar-refractivity contribution in [1.29, 1.82) is 0 Å². The van der Waals surface area contributed by atoms with Crippen LogP contribution >= 0.6 is 0 Å². The quantitative estimate of drug-likeness (QED) is 0.549. The minimum atomic E-state index is -1.12. The Morgan fingerprint density at radius 2 is 2.10 bits per heavy atom. The molecule has 0 bridgehead atoms. The van der Waals surface area contributed by atoms with E-state index < -0.39 is 23.0 Å². The Kier molecular flexibility index (Phi) is 5.65. The molecule has 0 aromatic heterocycles. The van der Waals surface area contributed by atoms with Crippen LogP contribution in [0.2, 0.25) is 0 Å². The molecule has 0 heterocycles. The van der Waals surface area contributed by atoms with Crippen LogP contribution in [0.5, 0.6) is 0 Å². The number of carboxylic acids is 1. The number of nitrogens with one attached hydrogen (secondary N) is 2. The van der Waals surface area contributed by atoms with Gasteiger partial charge in [-0.3, -0.25) is 10.1 Å². The second-order valence-corrected chi connectivity index (χ2v) is 4.54. The summed E-state index contributed by atoms with van der Waals surface area (Å²) in [4.78, 5) is 32.9. The fraction of sp³-hybridized carbons (Fsp3) is 0.385. The molecule has 1 aromatic rings. The maximum Gasteiger partial charge on any atom is 0.326 e. The van der Waals surface area contributed by atoms with Crippen LogP contribution in [0.4, 0.5) is 16.2 Å². The van der Waals surface area contributed by atoms with Gasteiger partial charge in [-0.2, -0.15) is 0 Å². The zero-order valence-electron chi connectivity index (χ0n) is 11.8. The van der Waals surface area contributed by atoms with E-state index in [4.69, 9.17) is 5.11 Å². The summed E-state index contributed by atoms with van der Waals surface area (Å²) in [5.74, 6) is -1.12. The Bertz CT molecular complexity index is 559. The van der Waals surface area contributed by atoms with Crippen molar-refractivity contribution < 1.29 is 19.6 Å². The molecule has 0 fully saturated rings. The van der Waals surface area contributed by atoms with Crippen LogP contribution < -0.4 is 10.6 Å². The molecule has 8 heteroatoms. The first-order chi connectivity index (χ1) is 9.85. The molecule has 0 saturated heterocycles. The normalized spacial score (nSPS) is 11.5. The maximum absolute atomic E-state index is 11.7. The van der Waals surface area contributed by atoms with Gasteiger partial charge in [0.15, 0.2) is 0 Å². The van der Waals surface area contributed by atoms with E-state index in [2.05, 4.69) is 10.6 Å². The number of benzene rings is 1. The van der Waals surface area contributed by atoms with Crippen LogP contribution in [-0.2, 0) is 4.79 Å². The first-order valence-corrected chi connectivity index (χ1v) is 6.40. The monoisotopic (exact) mass is 295 g/mol. The minimum Gasteiger partial charge on any atom is -0.480 e. The van der Waals surface area contributed by atoms with E-state index in [1.165, 1.54) is 18.2 Å². The van der Waals surface area contributed by atoms with Gasteiger partial charge in [0.05, 0.1) is 4.92 Å². The lowest BCUT2D eigenvalue weighted by Gasteiger charge is -2.14. The summed E-state index contributed by atoms with van der Waals surface area (Å²) in [5, 5.41) is 24.5. The molecule has 0 radical (unpaired) electrons. The number of urea groups is 1. The van der Waals surface area contributed by atoms with Crippen molar-refractivity contribution >= 4 is 23.4 Å². The van der Waals surface area contributed by atoms with Gasteiger partial charge in [-0.1, -0.05) is 19.4 Å². The SMILES string of the molecule is CCCC(NC(=O)Nc1ccc(C)c([N+](=O)[O-])c1)C(=O)O. The molecular formula is C13H17N3O5. The molecule has 0 aliphatic heterocycles. The molecular weight excluding hydrogens is 278 g/mol. The summed E-state index contributed by atoms with van der Waals surface area (Å²) in [6, 6.07) is 2.54. The van der Waals surface area contributed by atoms with E-state index in [0.29, 0.717) is 18.4 Å². The number of hydrogen-bond donors (Lipinski definition) is 3. The van der Waals surface area contributed by atoms with Crippen molar-refractivity contribution in [3.63, 3.8) is 0 Å². The van der Waals surface area contributed by atoms with E-state index in [-0.39, 0.29) is 11.4 Å². The summed E-state index contributed by atoms with van der Waals surface area (Å²) in [5.41, 5.74) is 0.585. The van der Waals surface area contributed by atoms with E-state index in [9.17, 15) is 19.7 Å². The van der Waals surface area contributed by atoms with Crippen LogP contribution in [-0.4, -0.2) is 28.1 Å². The van der Waals surface area contributed by atoms with Crippen LogP contribution in [0.1, 0.15) is 25.3 Å². The average Bonchev–Trinajstić information content (AvgIpc) is 2.40. The second-order valence-electron chi connectivity index (χ2n) is 4.54. The predicted molar refractivity (Wildman–Crippen MR) is 76.3 cm³/mol. The lowest BCUT2D eigenvalue weighted by Crippen LogP contribution is -2.42. The number of anilines is 1. The summed E-state index contributed by atoms with van der Waals surface area (Å²) >= 11 is 0. The van der Waals surface area contributed by atoms with Gasteiger partial charge in [-0.25, -0.2) is 9.59 Å². The van der Waals surface area contributed by atoms with Crippen molar-refractivity contribution in [3.8, 4) is 0 Å².